The highest BCUT2D eigenvalue weighted by Crippen LogP contribution is 2.45. The second-order valence-electron chi connectivity index (χ2n) is 5.34. The van der Waals surface area contributed by atoms with E-state index in [0.29, 0.717) is 19.1 Å². The van der Waals surface area contributed by atoms with Gasteiger partial charge in [-0.15, -0.1) is 0 Å². The SMILES string of the molecule is CCOCC(O)C1(CC(C)C)CCCC1. The van der Waals surface area contributed by atoms with Crippen LogP contribution in [-0.2, 0) is 4.74 Å². The maximum atomic E-state index is 10.3. The summed E-state index contributed by atoms with van der Waals surface area (Å²) in [7, 11) is 0. The van der Waals surface area contributed by atoms with Crippen molar-refractivity contribution in [3.63, 3.8) is 0 Å². The van der Waals surface area contributed by atoms with E-state index in [9.17, 15) is 5.11 Å². The van der Waals surface area contributed by atoms with Crippen LogP contribution in [0.4, 0.5) is 0 Å². The molecule has 2 heteroatoms. The summed E-state index contributed by atoms with van der Waals surface area (Å²) in [6.45, 7) is 7.69. The van der Waals surface area contributed by atoms with E-state index >= 15 is 0 Å². The summed E-state index contributed by atoms with van der Waals surface area (Å²) in [5, 5.41) is 10.3. The molecule has 1 N–H and O–H groups in total. The lowest BCUT2D eigenvalue weighted by Crippen LogP contribution is -2.37. The van der Waals surface area contributed by atoms with Gasteiger partial charge in [0.2, 0.25) is 0 Å². The molecule has 1 saturated carbocycles. The van der Waals surface area contributed by atoms with Crippen LogP contribution in [0.5, 0.6) is 0 Å². The molecule has 1 unspecified atom stereocenters. The first-order valence-electron chi connectivity index (χ1n) is 6.36. The van der Waals surface area contributed by atoms with Crippen molar-refractivity contribution in [3.05, 3.63) is 0 Å². The molecule has 0 aromatic carbocycles. The highest BCUT2D eigenvalue weighted by Gasteiger charge is 2.40. The molecule has 0 radical (unpaired) electrons. The smallest absolute Gasteiger partial charge is 0.0829 e. The Hall–Kier alpha value is -0.0800. The van der Waals surface area contributed by atoms with Crippen LogP contribution in [0.1, 0.15) is 52.9 Å². The molecule has 1 fully saturated rings. The van der Waals surface area contributed by atoms with Crippen molar-refractivity contribution in [1.82, 2.24) is 0 Å². The minimum Gasteiger partial charge on any atom is -0.390 e. The summed E-state index contributed by atoms with van der Waals surface area (Å²) < 4.78 is 5.36. The molecule has 1 atom stereocenters. The van der Waals surface area contributed by atoms with E-state index < -0.39 is 0 Å². The third-order valence-electron chi connectivity index (χ3n) is 3.60. The van der Waals surface area contributed by atoms with E-state index in [2.05, 4.69) is 13.8 Å². The van der Waals surface area contributed by atoms with Crippen molar-refractivity contribution in [2.24, 2.45) is 11.3 Å². The Kier molecular flexibility index (Phi) is 5.07. The van der Waals surface area contributed by atoms with Crippen molar-refractivity contribution in [2.75, 3.05) is 13.2 Å². The highest BCUT2D eigenvalue weighted by molar-refractivity contribution is 4.91. The number of hydrogen-bond donors (Lipinski definition) is 1. The van der Waals surface area contributed by atoms with Gasteiger partial charge < -0.3 is 9.84 Å². The van der Waals surface area contributed by atoms with E-state index in [1.54, 1.807) is 0 Å². The van der Waals surface area contributed by atoms with Crippen LogP contribution in [0, 0.1) is 11.3 Å². The molecule has 15 heavy (non-hydrogen) atoms. The van der Waals surface area contributed by atoms with Gasteiger partial charge >= 0.3 is 0 Å². The normalized spacial score (nSPS) is 22.2. The van der Waals surface area contributed by atoms with Gasteiger partial charge in [-0.25, -0.2) is 0 Å². The van der Waals surface area contributed by atoms with Crippen molar-refractivity contribution in [2.45, 2.75) is 59.0 Å². The topological polar surface area (TPSA) is 29.5 Å². The Labute approximate surface area is 94.0 Å². The molecule has 0 aliphatic heterocycles. The second-order valence-corrected chi connectivity index (χ2v) is 5.34. The second kappa shape index (κ2) is 5.86. The summed E-state index contributed by atoms with van der Waals surface area (Å²) in [6, 6.07) is 0. The van der Waals surface area contributed by atoms with Crippen LogP contribution < -0.4 is 0 Å². The van der Waals surface area contributed by atoms with E-state index in [1.807, 2.05) is 6.92 Å². The van der Waals surface area contributed by atoms with Crippen LogP contribution in [0.2, 0.25) is 0 Å². The van der Waals surface area contributed by atoms with Gasteiger partial charge in [0.25, 0.3) is 0 Å². The number of hydrogen-bond acceptors (Lipinski definition) is 2. The van der Waals surface area contributed by atoms with Crippen molar-refractivity contribution in [3.8, 4) is 0 Å². The quantitative estimate of drug-likeness (QED) is 0.736. The summed E-state index contributed by atoms with van der Waals surface area (Å²) in [4.78, 5) is 0. The third-order valence-corrected chi connectivity index (χ3v) is 3.60. The summed E-state index contributed by atoms with van der Waals surface area (Å²) in [5.74, 6) is 0.666. The molecule has 0 aromatic rings. The average Bonchev–Trinajstić information content (AvgIpc) is 2.62. The fourth-order valence-corrected chi connectivity index (χ4v) is 2.97. The molecule has 0 amide bonds. The highest BCUT2D eigenvalue weighted by atomic mass is 16.5. The number of ether oxygens (including phenoxy) is 1. The van der Waals surface area contributed by atoms with E-state index in [0.717, 1.165) is 6.42 Å². The van der Waals surface area contributed by atoms with Crippen LogP contribution in [0.15, 0.2) is 0 Å². The Morgan fingerprint density at radius 3 is 2.33 bits per heavy atom. The van der Waals surface area contributed by atoms with Gasteiger partial charge in [-0.1, -0.05) is 26.7 Å². The van der Waals surface area contributed by atoms with Crippen LogP contribution >= 0.6 is 0 Å². The fraction of sp³-hybridized carbons (Fsp3) is 1.00. The Balaban J connectivity index is 2.55. The summed E-state index contributed by atoms with van der Waals surface area (Å²) in [6.07, 6.45) is 5.79. The lowest BCUT2D eigenvalue weighted by molar-refractivity contribution is -0.0463. The number of aliphatic hydroxyl groups is 1. The zero-order chi connectivity index (χ0) is 11.3. The molecular weight excluding hydrogens is 188 g/mol. The lowest BCUT2D eigenvalue weighted by atomic mass is 9.74. The first-order chi connectivity index (χ1) is 7.10. The Bertz CT molecular complexity index is 171. The van der Waals surface area contributed by atoms with Gasteiger partial charge in [-0.05, 0) is 37.5 Å². The first-order valence-corrected chi connectivity index (χ1v) is 6.36. The van der Waals surface area contributed by atoms with Crippen LogP contribution in [-0.4, -0.2) is 24.4 Å². The fourth-order valence-electron chi connectivity index (χ4n) is 2.97. The summed E-state index contributed by atoms with van der Waals surface area (Å²) >= 11 is 0. The number of aliphatic hydroxyl groups excluding tert-OH is 1. The standard InChI is InChI=1S/C13H26O2/c1-4-15-10-12(14)13(9-11(2)3)7-5-6-8-13/h11-12,14H,4-10H2,1-3H3. The zero-order valence-electron chi connectivity index (χ0n) is 10.5. The van der Waals surface area contributed by atoms with Crippen LogP contribution in [0.25, 0.3) is 0 Å². The maximum Gasteiger partial charge on any atom is 0.0829 e. The van der Waals surface area contributed by atoms with E-state index in [1.165, 1.54) is 25.7 Å². The lowest BCUT2D eigenvalue weighted by Gasteiger charge is -2.35. The van der Waals surface area contributed by atoms with Gasteiger partial charge in [0.1, 0.15) is 0 Å². The average molecular weight is 214 g/mol. The van der Waals surface area contributed by atoms with Crippen molar-refractivity contribution < 1.29 is 9.84 Å². The van der Waals surface area contributed by atoms with E-state index in [4.69, 9.17) is 4.74 Å². The predicted molar refractivity (Wildman–Crippen MR) is 62.9 cm³/mol. The molecule has 2 nitrogen and oxygen atoms in total. The minimum absolute atomic E-state index is 0.156. The van der Waals surface area contributed by atoms with Gasteiger partial charge in [-0.2, -0.15) is 0 Å². The van der Waals surface area contributed by atoms with Gasteiger partial charge in [0.15, 0.2) is 0 Å². The zero-order valence-corrected chi connectivity index (χ0v) is 10.5. The molecule has 0 bridgehead atoms. The van der Waals surface area contributed by atoms with Gasteiger partial charge in [-0.3, -0.25) is 0 Å². The largest absolute Gasteiger partial charge is 0.390 e. The van der Waals surface area contributed by atoms with Crippen molar-refractivity contribution >= 4 is 0 Å². The maximum absolute atomic E-state index is 10.3. The van der Waals surface area contributed by atoms with Crippen LogP contribution in [0.3, 0.4) is 0 Å². The van der Waals surface area contributed by atoms with Gasteiger partial charge in [0, 0.05) is 6.61 Å². The first kappa shape index (κ1) is 13.0. The third kappa shape index (κ3) is 3.46. The Morgan fingerprint density at radius 2 is 1.87 bits per heavy atom. The molecule has 1 aliphatic carbocycles. The van der Waals surface area contributed by atoms with Gasteiger partial charge in [0.05, 0.1) is 12.7 Å². The molecule has 1 rings (SSSR count). The molecular formula is C13H26O2. The van der Waals surface area contributed by atoms with E-state index in [-0.39, 0.29) is 11.5 Å². The molecule has 90 valence electrons. The monoisotopic (exact) mass is 214 g/mol. The molecule has 0 aromatic heterocycles. The van der Waals surface area contributed by atoms with Crippen molar-refractivity contribution in [1.29, 1.82) is 0 Å². The predicted octanol–water partition coefficient (Wildman–Crippen LogP) is 2.99. The number of rotatable bonds is 6. The molecule has 0 spiro atoms. The summed E-state index contributed by atoms with van der Waals surface area (Å²) in [5.41, 5.74) is 0.156. The minimum atomic E-state index is -0.262. The molecule has 0 saturated heterocycles. The molecule has 0 heterocycles. The molecule has 1 aliphatic rings. The Morgan fingerprint density at radius 1 is 1.27 bits per heavy atom.